The van der Waals surface area contributed by atoms with Gasteiger partial charge >= 0.3 is 0 Å². The largest absolute Gasteiger partial charge is 0.454 e. The van der Waals surface area contributed by atoms with Crippen LogP contribution in [0.2, 0.25) is 0 Å². The van der Waals surface area contributed by atoms with Crippen molar-refractivity contribution in [1.29, 1.82) is 0 Å². The van der Waals surface area contributed by atoms with E-state index in [2.05, 4.69) is 11.4 Å². The molecule has 3 rings (SSSR count). The van der Waals surface area contributed by atoms with Crippen molar-refractivity contribution in [2.75, 3.05) is 13.3 Å². The molecule has 0 spiro atoms. The van der Waals surface area contributed by atoms with Crippen LogP contribution in [0.1, 0.15) is 11.1 Å². The lowest BCUT2D eigenvalue weighted by atomic mass is 10.00. The van der Waals surface area contributed by atoms with Crippen molar-refractivity contribution < 1.29 is 9.47 Å². The van der Waals surface area contributed by atoms with Crippen LogP contribution in [-0.2, 0) is 13.0 Å². The van der Waals surface area contributed by atoms with E-state index in [1.54, 1.807) is 0 Å². The monoisotopic (exact) mass is 177 g/mol. The Balaban J connectivity index is 2.17. The minimum atomic E-state index is 0.367. The molecule has 2 aliphatic heterocycles. The zero-order valence-corrected chi connectivity index (χ0v) is 7.30. The molecule has 1 aromatic carbocycles. The number of hydrogen-bond donors (Lipinski definition) is 1. The van der Waals surface area contributed by atoms with Crippen molar-refractivity contribution in [3.63, 3.8) is 0 Å². The molecular formula is C10H11NO2. The van der Waals surface area contributed by atoms with Gasteiger partial charge in [0.25, 0.3) is 0 Å². The first-order valence-electron chi connectivity index (χ1n) is 4.56. The Kier molecular flexibility index (Phi) is 1.46. The van der Waals surface area contributed by atoms with Gasteiger partial charge in [-0.1, -0.05) is 6.07 Å². The SMILES string of the molecule is c1cc2c(c3c1CCNC3)OCO2. The zero-order valence-electron chi connectivity index (χ0n) is 7.30. The molecule has 0 saturated carbocycles. The Morgan fingerprint density at radius 1 is 1.23 bits per heavy atom. The van der Waals surface area contributed by atoms with Crippen molar-refractivity contribution in [2.24, 2.45) is 0 Å². The summed E-state index contributed by atoms with van der Waals surface area (Å²) in [7, 11) is 0. The summed E-state index contributed by atoms with van der Waals surface area (Å²) in [5.74, 6) is 1.84. The van der Waals surface area contributed by atoms with E-state index in [0.717, 1.165) is 31.0 Å². The van der Waals surface area contributed by atoms with Crippen LogP contribution in [0.4, 0.5) is 0 Å². The van der Waals surface area contributed by atoms with Crippen LogP contribution in [0.3, 0.4) is 0 Å². The average molecular weight is 177 g/mol. The van der Waals surface area contributed by atoms with Crippen LogP contribution >= 0.6 is 0 Å². The van der Waals surface area contributed by atoms with Crippen LogP contribution < -0.4 is 14.8 Å². The van der Waals surface area contributed by atoms with Gasteiger partial charge in [0, 0.05) is 12.1 Å². The second-order valence-corrected chi connectivity index (χ2v) is 3.36. The Morgan fingerprint density at radius 2 is 2.23 bits per heavy atom. The summed E-state index contributed by atoms with van der Waals surface area (Å²) < 4.78 is 10.7. The molecule has 3 heteroatoms. The molecule has 2 heterocycles. The average Bonchev–Trinajstić information content (AvgIpc) is 2.65. The lowest BCUT2D eigenvalue weighted by Crippen LogP contribution is -2.23. The van der Waals surface area contributed by atoms with E-state index in [1.807, 2.05) is 6.07 Å². The van der Waals surface area contributed by atoms with Crippen LogP contribution in [0.15, 0.2) is 12.1 Å². The van der Waals surface area contributed by atoms with Gasteiger partial charge in [-0.25, -0.2) is 0 Å². The molecule has 0 bridgehead atoms. The molecule has 0 radical (unpaired) electrons. The number of ether oxygens (including phenoxy) is 2. The zero-order chi connectivity index (χ0) is 8.67. The van der Waals surface area contributed by atoms with E-state index in [1.165, 1.54) is 11.1 Å². The number of benzene rings is 1. The Bertz CT molecular complexity index is 349. The molecule has 0 fully saturated rings. The van der Waals surface area contributed by atoms with E-state index in [-0.39, 0.29) is 0 Å². The summed E-state index contributed by atoms with van der Waals surface area (Å²) in [6, 6.07) is 4.15. The second kappa shape index (κ2) is 2.64. The maximum atomic E-state index is 5.43. The molecule has 0 saturated heterocycles. The molecule has 1 aromatic rings. The van der Waals surface area contributed by atoms with Crippen molar-refractivity contribution in [2.45, 2.75) is 13.0 Å². The van der Waals surface area contributed by atoms with Gasteiger partial charge in [-0.15, -0.1) is 0 Å². The fourth-order valence-electron chi connectivity index (χ4n) is 1.94. The molecule has 2 aliphatic rings. The minimum Gasteiger partial charge on any atom is -0.454 e. The quantitative estimate of drug-likeness (QED) is 0.642. The lowest BCUT2D eigenvalue weighted by molar-refractivity contribution is 0.173. The highest BCUT2D eigenvalue weighted by atomic mass is 16.7. The third kappa shape index (κ3) is 1.00. The molecule has 0 atom stereocenters. The highest BCUT2D eigenvalue weighted by Crippen LogP contribution is 2.38. The Labute approximate surface area is 76.7 Å². The van der Waals surface area contributed by atoms with Gasteiger partial charge in [0.1, 0.15) is 0 Å². The van der Waals surface area contributed by atoms with Crippen LogP contribution in [0.5, 0.6) is 11.5 Å². The summed E-state index contributed by atoms with van der Waals surface area (Å²) in [5, 5.41) is 3.34. The summed E-state index contributed by atoms with van der Waals surface area (Å²) >= 11 is 0. The van der Waals surface area contributed by atoms with Crippen molar-refractivity contribution in [3.05, 3.63) is 23.3 Å². The van der Waals surface area contributed by atoms with E-state index in [0.29, 0.717) is 6.79 Å². The van der Waals surface area contributed by atoms with Crippen LogP contribution in [-0.4, -0.2) is 13.3 Å². The van der Waals surface area contributed by atoms with E-state index in [4.69, 9.17) is 9.47 Å². The van der Waals surface area contributed by atoms with E-state index >= 15 is 0 Å². The Morgan fingerprint density at radius 3 is 3.23 bits per heavy atom. The standard InChI is InChI=1S/C10H11NO2/c1-2-9-10(13-6-12-9)8-5-11-4-3-7(1)8/h1-2,11H,3-6H2. The molecule has 0 amide bonds. The van der Waals surface area contributed by atoms with Gasteiger partial charge in [0.05, 0.1) is 0 Å². The summed E-state index contributed by atoms with van der Waals surface area (Å²) in [4.78, 5) is 0. The smallest absolute Gasteiger partial charge is 0.231 e. The predicted molar refractivity (Wildman–Crippen MR) is 48.0 cm³/mol. The fraction of sp³-hybridized carbons (Fsp3) is 0.400. The second-order valence-electron chi connectivity index (χ2n) is 3.36. The lowest BCUT2D eigenvalue weighted by Gasteiger charge is -2.18. The van der Waals surface area contributed by atoms with Gasteiger partial charge < -0.3 is 14.8 Å². The molecule has 0 unspecified atom stereocenters. The third-order valence-electron chi connectivity index (χ3n) is 2.61. The summed E-state index contributed by atoms with van der Waals surface area (Å²) in [6.07, 6.45) is 1.09. The Hall–Kier alpha value is -1.22. The molecule has 3 nitrogen and oxygen atoms in total. The highest BCUT2D eigenvalue weighted by Gasteiger charge is 2.21. The number of hydrogen-bond acceptors (Lipinski definition) is 3. The first kappa shape index (κ1) is 7.21. The maximum Gasteiger partial charge on any atom is 0.231 e. The number of nitrogens with one attached hydrogen (secondary N) is 1. The number of rotatable bonds is 0. The number of fused-ring (bicyclic) bond motifs is 3. The highest BCUT2D eigenvalue weighted by molar-refractivity contribution is 5.52. The topological polar surface area (TPSA) is 30.5 Å². The van der Waals surface area contributed by atoms with Crippen LogP contribution in [0.25, 0.3) is 0 Å². The molecule has 68 valence electrons. The van der Waals surface area contributed by atoms with E-state index in [9.17, 15) is 0 Å². The molecule has 0 aliphatic carbocycles. The predicted octanol–water partition coefficient (Wildman–Crippen LogP) is 1.06. The summed E-state index contributed by atoms with van der Waals surface area (Å²) in [6.45, 7) is 2.33. The molecule has 13 heavy (non-hydrogen) atoms. The third-order valence-corrected chi connectivity index (χ3v) is 2.61. The van der Waals surface area contributed by atoms with Gasteiger partial charge in [0.2, 0.25) is 6.79 Å². The van der Waals surface area contributed by atoms with Crippen molar-refractivity contribution in [3.8, 4) is 11.5 Å². The van der Waals surface area contributed by atoms with Crippen LogP contribution in [0, 0.1) is 0 Å². The maximum absolute atomic E-state index is 5.43. The summed E-state index contributed by atoms with van der Waals surface area (Å²) in [5.41, 5.74) is 2.67. The first-order chi connectivity index (χ1) is 6.45. The van der Waals surface area contributed by atoms with Gasteiger partial charge in [-0.05, 0) is 24.6 Å². The van der Waals surface area contributed by atoms with Crippen molar-refractivity contribution in [1.82, 2.24) is 5.32 Å². The minimum absolute atomic E-state index is 0.367. The van der Waals surface area contributed by atoms with Gasteiger partial charge in [-0.3, -0.25) is 0 Å². The fourth-order valence-corrected chi connectivity index (χ4v) is 1.94. The van der Waals surface area contributed by atoms with E-state index < -0.39 is 0 Å². The normalized spacial score (nSPS) is 18.5. The van der Waals surface area contributed by atoms with Gasteiger partial charge in [0.15, 0.2) is 11.5 Å². The first-order valence-corrected chi connectivity index (χ1v) is 4.56. The molecular weight excluding hydrogens is 166 g/mol. The molecule has 0 aromatic heterocycles. The van der Waals surface area contributed by atoms with Gasteiger partial charge in [-0.2, -0.15) is 0 Å². The van der Waals surface area contributed by atoms with Crippen molar-refractivity contribution >= 4 is 0 Å². The molecule has 1 N–H and O–H groups in total.